The first-order valence-electron chi connectivity index (χ1n) is 5.61. The number of nitrogens with zero attached hydrogens (tertiary/aromatic N) is 1. The van der Waals surface area contributed by atoms with Crippen LogP contribution in [0, 0.1) is 5.41 Å². The van der Waals surface area contributed by atoms with Crippen molar-refractivity contribution < 1.29 is 10.2 Å². The molecule has 0 saturated heterocycles. The van der Waals surface area contributed by atoms with Crippen LogP contribution in [-0.2, 0) is 0 Å². The second kappa shape index (κ2) is 5.10. The van der Waals surface area contributed by atoms with Gasteiger partial charge in [0, 0.05) is 18.0 Å². The first kappa shape index (κ1) is 12.0. The Morgan fingerprint density at radius 3 is 2.21 bits per heavy atom. The molecule has 84 valence electrons. The first-order chi connectivity index (χ1) is 6.65. The Bertz CT molecular complexity index is 165. The number of hydrogen-bond acceptors (Lipinski definition) is 3. The van der Waals surface area contributed by atoms with Gasteiger partial charge in [-0.2, -0.15) is 0 Å². The maximum atomic E-state index is 9.22. The van der Waals surface area contributed by atoms with Crippen LogP contribution in [0.25, 0.3) is 0 Å². The molecule has 2 N–H and O–H groups in total. The predicted octanol–water partition coefficient (Wildman–Crippen LogP) is 0.852. The van der Waals surface area contributed by atoms with Crippen molar-refractivity contribution in [1.82, 2.24) is 4.90 Å². The van der Waals surface area contributed by atoms with Crippen LogP contribution in [0.1, 0.15) is 33.1 Å². The third-order valence-corrected chi connectivity index (χ3v) is 2.92. The quantitative estimate of drug-likeness (QED) is 0.642. The van der Waals surface area contributed by atoms with Gasteiger partial charge in [-0.05, 0) is 25.8 Å². The number of aliphatic hydroxyl groups excluding tert-OH is 2. The molecule has 0 atom stereocenters. The normalized spacial score (nSPS) is 17.8. The van der Waals surface area contributed by atoms with Crippen molar-refractivity contribution in [3.8, 4) is 0 Å². The van der Waals surface area contributed by atoms with Crippen molar-refractivity contribution in [3.63, 3.8) is 0 Å². The second-order valence-electron chi connectivity index (χ2n) is 4.83. The van der Waals surface area contributed by atoms with Crippen LogP contribution in [0.15, 0.2) is 0 Å². The van der Waals surface area contributed by atoms with Crippen molar-refractivity contribution in [2.75, 3.05) is 26.3 Å². The molecule has 0 aromatic carbocycles. The molecule has 1 aliphatic rings. The van der Waals surface area contributed by atoms with Crippen LogP contribution in [0.5, 0.6) is 0 Å². The molecule has 0 radical (unpaired) electrons. The van der Waals surface area contributed by atoms with Crippen LogP contribution in [0.2, 0.25) is 0 Å². The molecular formula is C11H23NO2. The number of aliphatic hydroxyl groups is 2. The van der Waals surface area contributed by atoms with Gasteiger partial charge in [0.15, 0.2) is 0 Å². The van der Waals surface area contributed by atoms with E-state index in [1.807, 2.05) is 6.92 Å². The van der Waals surface area contributed by atoms with E-state index in [2.05, 4.69) is 11.8 Å². The summed E-state index contributed by atoms with van der Waals surface area (Å²) in [5.41, 5.74) is -0.336. The summed E-state index contributed by atoms with van der Waals surface area (Å²) in [7, 11) is 0. The van der Waals surface area contributed by atoms with E-state index >= 15 is 0 Å². The maximum absolute atomic E-state index is 9.22. The molecule has 3 nitrogen and oxygen atoms in total. The summed E-state index contributed by atoms with van der Waals surface area (Å²) in [4.78, 5) is 2.41. The summed E-state index contributed by atoms with van der Waals surface area (Å²) in [5.74, 6) is 0. The van der Waals surface area contributed by atoms with Gasteiger partial charge in [0.2, 0.25) is 0 Å². The van der Waals surface area contributed by atoms with E-state index in [4.69, 9.17) is 0 Å². The van der Waals surface area contributed by atoms with Gasteiger partial charge in [-0.1, -0.05) is 13.8 Å². The van der Waals surface area contributed by atoms with E-state index in [0.29, 0.717) is 6.04 Å². The highest BCUT2D eigenvalue weighted by molar-refractivity contribution is 4.88. The van der Waals surface area contributed by atoms with Crippen molar-refractivity contribution in [1.29, 1.82) is 0 Å². The van der Waals surface area contributed by atoms with E-state index in [1.165, 1.54) is 12.8 Å². The van der Waals surface area contributed by atoms with Crippen LogP contribution >= 0.6 is 0 Å². The molecule has 0 bridgehead atoms. The van der Waals surface area contributed by atoms with Gasteiger partial charge in [-0.15, -0.1) is 0 Å². The minimum Gasteiger partial charge on any atom is -0.396 e. The number of hydrogen-bond donors (Lipinski definition) is 2. The molecule has 1 fully saturated rings. The van der Waals surface area contributed by atoms with E-state index in [9.17, 15) is 10.2 Å². The molecule has 3 heteroatoms. The smallest absolute Gasteiger partial charge is 0.0519 e. The molecule has 0 aliphatic heterocycles. The molecular weight excluding hydrogens is 178 g/mol. The van der Waals surface area contributed by atoms with Gasteiger partial charge in [0.1, 0.15) is 0 Å². The average Bonchev–Trinajstić information content (AvgIpc) is 3.00. The summed E-state index contributed by atoms with van der Waals surface area (Å²) < 4.78 is 0. The largest absolute Gasteiger partial charge is 0.396 e. The van der Waals surface area contributed by atoms with Crippen LogP contribution < -0.4 is 0 Å². The topological polar surface area (TPSA) is 43.7 Å². The lowest BCUT2D eigenvalue weighted by molar-refractivity contribution is 0.0326. The molecule has 0 amide bonds. The van der Waals surface area contributed by atoms with E-state index in [1.54, 1.807) is 0 Å². The molecule has 0 aromatic heterocycles. The standard InChI is InChI=1S/C11H23NO2/c1-3-6-12(10-4-5-10)7-11(2,8-13)9-14/h10,13-14H,3-9H2,1-2H3. The molecule has 1 aliphatic carbocycles. The summed E-state index contributed by atoms with van der Waals surface area (Å²) in [6, 6.07) is 0.715. The summed E-state index contributed by atoms with van der Waals surface area (Å²) >= 11 is 0. The average molecular weight is 201 g/mol. The van der Waals surface area contributed by atoms with Crippen molar-refractivity contribution in [2.45, 2.75) is 39.2 Å². The van der Waals surface area contributed by atoms with Gasteiger partial charge in [0.25, 0.3) is 0 Å². The van der Waals surface area contributed by atoms with Crippen LogP contribution in [0.4, 0.5) is 0 Å². The Morgan fingerprint density at radius 2 is 1.86 bits per heavy atom. The van der Waals surface area contributed by atoms with Gasteiger partial charge in [-0.3, -0.25) is 4.90 Å². The molecule has 0 heterocycles. The monoisotopic (exact) mass is 201 g/mol. The zero-order valence-corrected chi connectivity index (χ0v) is 9.37. The highest BCUT2D eigenvalue weighted by Crippen LogP contribution is 2.30. The second-order valence-corrected chi connectivity index (χ2v) is 4.83. The fourth-order valence-corrected chi connectivity index (χ4v) is 1.76. The predicted molar refractivity (Wildman–Crippen MR) is 57.2 cm³/mol. The number of rotatable bonds is 7. The SMILES string of the molecule is CCCN(CC(C)(CO)CO)C1CC1. The van der Waals surface area contributed by atoms with Gasteiger partial charge < -0.3 is 10.2 Å². The van der Waals surface area contributed by atoms with Crippen molar-refractivity contribution in [3.05, 3.63) is 0 Å². The minimum absolute atomic E-state index is 0.0659. The van der Waals surface area contributed by atoms with Crippen LogP contribution in [-0.4, -0.2) is 47.5 Å². The maximum Gasteiger partial charge on any atom is 0.0519 e. The highest BCUT2D eigenvalue weighted by atomic mass is 16.3. The van der Waals surface area contributed by atoms with E-state index in [-0.39, 0.29) is 18.6 Å². The van der Waals surface area contributed by atoms with E-state index < -0.39 is 0 Å². The lowest BCUT2D eigenvalue weighted by atomic mass is 9.92. The van der Waals surface area contributed by atoms with Crippen molar-refractivity contribution in [2.24, 2.45) is 5.41 Å². The van der Waals surface area contributed by atoms with Crippen molar-refractivity contribution >= 4 is 0 Å². The molecule has 1 saturated carbocycles. The summed E-state index contributed by atoms with van der Waals surface area (Å²) in [6.07, 6.45) is 3.71. The third-order valence-electron chi connectivity index (χ3n) is 2.92. The minimum atomic E-state index is -0.336. The van der Waals surface area contributed by atoms with Gasteiger partial charge >= 0.3 is 0 Å². The van der Waals surface area contributed by atoms with Gasteiger partial charge in [0.05, 0.1) is 13.2 Å². The Kier molecular flexibility index (Phi) is 4.35. The summed E-state index contributed by atoms with van der Waals surface area (Å²) in [5, 5.41) is 18.4. The molecule has 14 heavy (non-hydrogen) atoms. The fraction of sp³-hybridized carbons (Fsp3) is 1.00. The first-order valence-corrected chi connectivity index (χ1v) is 5.61. The lowest BCUT2D eigenvalue weighted by Crippen LogP contribution is -2.42. The van der Waals surface area contributed by atoms with Crippen LogP contribution in [0.3, 0.4) is 0 Å². The Hall–Kier alpha value is -0.120. The molecule has 0 aromatic rings. The Labute approximate surface area is 86.7 Å². The Balaban J connectivity index is 2.43. The molecule has 0 spiro atoms. The zero-order chi connectivity index (χ0) is 10.6. The van der Waals surface area contributed by atoms with E-state index in [0.717, 1.165) is 19.5 Å². The summed E-state index contributed by atoms with van der Waals surface area (Å²) in [6.45, 7) is 6.15. The fourth-order valence-electron chi connectivity index (χ4n) is 1.76. The molecule has 1 rings (SSSR count). The molecule has 0 unspecified atom stereocenters. The Morgan fingerprint density at radius 1 is 1.29 bits per heavy atom. The van der Waals surface area contributed by atoms with Gasteiger partial charge in [-0.25, -0.2) is 0 Å². The zero-order valence-electron chi connectivity index (χ0n) is 9.37. The lowest BCUT2D eigenvalue weighted by Gasteiger charge is -2.32. The highest BCUT2D eigenvalue weighted by Gasteiger charge is 2.33. The third kappa shape index (κ3) is 3.23.